The van der Waals surface area contributed by atoms with Crippen LogP contribution in [0.5, 0.6) is 0 Å². The van der Waals surface area contributed by atoms with Crippen molar-refractivity contribution in [3.63, 3.8) is 0 Å². The maximum Gasteiger partial charge on any atom is 0.324 e. The Morgan fingerprint density at radius 2 is 1.84 bits per heavy atom. The Morgan fingerprint density at radius 1 is 1.12 bits per heavy atom. The van der Waals surface area contributed by atoms with Gasteiger partial charge in [0.25, 0.3) is 0 Å². The molecule has 0 N–H and O–H groups in total. The van der Waals surface area contributed by atoms with Gasteiger partial charge in [-0.1, -0.05) is 67.8 Å². The zero-order chi connectivity index (χ0) is 18.0. The number of nitrogens with zero attached hydrogens (tertiary/aromatic N) is 2. The SMILES string of the molecule is O=C1N(Cc2ccc(Cl)cc2Cl)CC(CI)CN1c1ccc(Br)cc1. The summed E-state index contributed by atoms with van der Waals surface area (Å²) in [6.45, 7) is 1.94. The summed E-state index contributed by atoms with van der Waals surface area (Å²) in [6, 6.07) is 13.3. The Bertz CT molecular complexity index is 772. The van der Waals surface area contributed by atoms with Gasteiger partial charge in [0.05, 0.1) is 0 Å². The van der Waals surface area contributed by atoms with E-state index in [1.54, 1.807) is 12.1 Å². The lowest BCUT2D eigenvalue weighted by atomic mass is 10.1. The summed E-state index contributed by atoms with van der Waals surface area (Å²) in [5.41, 5.74) is 1.82. The van der Waals surface area contributed by atoms with Crippen LogP contribution in [0.4, 0.5) is 10.5 Å². The van der Waals surface area contributed by atoms with Gasteiger partial charge in [-0.2, -0.15) is 0 Å². The van der Waals surface area contributed by atoms with Crippen LogP contribution < -0.4 is 4.90 Å². The number of hydrogen-bond acceptors (Lipinski definition) is 1. The van der Waals surface area contributed by atoms with Gasteiger partial charge in [-0.3, -0.25) is 4.90 Å². The van der Waals surface area contributed by atoms with Crippen molar-refractivity contribution in [3.05, 3.63) is 62.5 Å². The van der Waals surface area contributed by atoms with E-state index >= 15 is 0 Å². The van der Waals surface area contributed by atoms with Crippen LogP contribution in [0.1, 0.15) is 5.56 Å². The summed E-state index contributed by atoms with van der Waals surface area (Å²) < 4.78 is 1.99. The Hall–Kier alpha value is -0.500. The third-order valence-corrected chi connectivity index (χ3v) is 6.51. The molecule has 2 aromatic rings. The number of hydrogen-bond donors (Lipinski definition) is 0. The van der Waals surface area contributed by atoms with Crippen LogP contribution in [-0.2, 0) is 6.54 Å². The first-order valence-electron chi connectivity index (χ1n) is 7.80. The smallest absolute Gasteiger partial charge is 0.320 e. The Balaban J connectivity index is 1.85. The van der Waals surface area contributed by atoms with Gasteiger partial charge in [0.1, 0.15) is 0 Å². The predicted molar refractivity (Wildman–Crippen MR) is 116 cm³/mol. The quantitative estimate of drug-likeness (QED) is 0.324. The second-order valence-corrected chi connectivity index (χ2v) is 8.65. The van der Waals surface area contributed by atoms with E-state index in [9.17, 15) is 4.79 Å². The number of alkyl halides is 1. The Labute approximate surface area is 179 Å². The van der Waals surface area contributed by atoms with Crippen LogP contribution in [0.15, 0.2) is 46.9 Å². The zero-order valence-electron chi connectivity index (χ0n) is 13.3. The number of carbonyl (C=O) groups is 1. The highest BCUT2D eigenvalue weighted by Gasteiger charge is 2.32. The number of benzene rings is 2. The molecule has 3 nitrogen and oxygen atoms in total. The van der Waals surface area contributed by atoms with E-state index < -0.39 is 0 Å². The molecule has 1 aliphatic heterocycles. The van der Waals surface area contributed by atoms with Crippen LogP contribution in [0.3, 0.4) is 0 Å². The van der Waals surface area contributed by atoms with Crippen LogP contribution >= 0.6 is 61.7 Å². The summed E-state index contributed by atoms with van der Waals surface area (Å²) in [5, 5.41) is 1.19. The van der Waals surface area contributed by atoms with E-state index in [1.807, 2.05) is 40.1 Å². The van der Waals surface area contributed by atoms with E-state index in [2.05, 4.69) is 38.5 Å². The molecule has 1 fully saturated rings. The van der Waals surface area contributed by atoms with Crippen molar-refractivity contribution in [3.8, 4) is 0 Å². The molecule has 132 valence electrons. The molecule has 2 aromatic carbocycles. The lowest BCUT2D eigenvalue weighted by Crippen LogP contribution is -2.53. The number of amides is 2. The summed E-state index contributed by atoms with van der Waals surface area (Å²) in [6.07, 6.45) is 0. The molecule has 1 unspecified atom stereocenters. The van der Waals surface area contributed by atoms with Gasteiger partial charge in [0.2, 0.25) is 0 Å². The highest BCUT2D eigenvalue weighted by atomic mass is 127. The van der Waals surface area contributed by atoms with Crippen molar-refractivity contribution in [2.45, 2.75) is 6.54 Å². The van der Waals surface area contributed by atoms with Crippen LogP contribution in [-0.4, -0.2) is 28.4 Å². The fourth-order valence-electron chi connectivity index (χ4n) is 2.88. The highest BCUT2D eigenvalue weighted by molar-refractivity contribution is 14.1. The molecule has 0 aliphatic carbocycles. The molecule has 0 aromatic heterocycles. The van der Waals surface area contributed by atoms with Gasteiger partial charge in [-0.15, -0.1) is 0 Å². The van der Waals surface area contributed by atoms with Gasteiger partial charge >= 0.3 is 6.03 Å². The summed E-state index contributed by atoms with van der Waals surface area (Å²) in [5.74, 6) is 0.410. The molecule has 1 heterocycles. The molecule has 1 atom stereocenters. The second kappa shape index (κ2) is 8.46. The number of halogens is 4. The first-order chi connectivity index (χ1) is 12.0. The minimum Gasteiger partial charge on any atom is -0.320 e. The third-order valence-electron chi connectivity index (χ3n) is 4.15. The number of rotatable bonds is 4. The van der Waals surface area contributed by atoms with Crippen LogP contribution in [0.2, 0.25) is 10.0 Å². The van der Waals surface area contributed by atoms with E-state index in [4.69, 9.17) is 23.2 Å². The first kappa shape index (κ1) is 19.3. The van der Waals surface area contributed by atoms with Crippen molar-refractivity contribution in [2.75, 3.05) is 22.4 Å². The minimum absolute atomic E-state index is 0.00874. The number of urea groups is 1. The van der Waals surface area contributed by atoms with E-state index in [0.29, 0.717) is 22.5 Å². The average molecular weight is 554 g/mol. The monoisotopic (exact) mass is 552 g/mol. The van der Waals surface area contributed by atoms with E-state index in [-0.39, 0.29) is 6.03 Å². The second-order valence-electron chi connectivity index (χ2n) is 6.01. The molecule has 0 radical (unpaired) electrons. The lowest BCUT2D eigenvalue weighted by Gasteiger charge is -2.40. The third kappa shape index (κ3) is 4.62. The predicted octanol–water partition coefficient (Wildman–Crippen LogP) is 6.25. The van der Waals surface area contributed by atoms with Gasteiger partial charge in [-0.25, -0.2) is 4.79 Å². The molecule has 0 saturated carbocycles. The molecular formula is C18H16BrCl2IN2O. The fraction of sp³-hybridized carbons (Fsp3) is 0.278. The van der Waals surface area contributed by atoms with Crippen molar-refractivity contribution in [2.24, 2.45) is 5.92 Å². The summed E-state index contributed by atoms with van der Waals surface area (Å²) in [7, 11) is 0. The van der Waals surface area contributed by atoms with Gasteiger partial charge in [-0.05, 0) is 42.0 Å². The fourth-order valence-corrected chi connectivity index (χ4v) is 4.17. The molecular weight excluding hydrogens is 538 g/mol. The average Bonchev–Trinajstić information content (AvgIpc) is 2.60. The Kier molecular flexibility index (Phi) is 6.52. The number of anilines is 1. The van der Waals surface area contributed by atoms with E-state index in [1.165, 1.54) is 0 Å². The minimum atomic E-state index is 0.00874. The molecule has 3 rings (SSSR count). The standard InChI is InChI=1S/C18H16BrCl2IN2O/c19-14-2-5-16(6-3-14)24-10-12(8-22)9-23(18(24)25)11-13-1-4-15(20)7-17(13)21/h1-7,12H,8-11H2. The molecule has 2 amide bonds. The van der Waals surface area contributed by atoms with Crippen molar-refractivity contribution in [1.29, 1.82) is 0 Å². The maximum atomic E-state index is 13.0. The summed E-state index contributed by atoms with van der Waals surface area (Å²) in [4.78, 5) is 16.7. The topological polar surface area (TPSA) is 23.6 Å². The van der Waals surface area contributed by atoms with Crippen LogP contribution in [0.25, 0.3) is 0 Å². The van der Waals surface area contributed by atoms with E-state index in [0.717, 1.165) is 33.2 Å². The normalized spacial score (nSPS) is 17.9. The Morgan fingerprint density at radius 3 is 2.48 bits per heavy atom. The summed E-state index contributed by atoms with van der Waals surface area (Å²) >= 11 is 18.1. The zero-order valence-corrected chi connectivity index (χ0v) is 18.5. The molecule has 1 saturated heterocycles. The van der Waals surface area contributed by atoms with Crippen LogP contribution in [0, 0.1) is 5.92 Å². The molecule has 1 aliphatic rings. The van der Waals surface area contributed by atoms with Gasteiger partial charge in [0, 0.05) is 50.2 Å². The van der Waals surface area contributed by atoms with Gasteiger partial charge in [0.15, 0.2) is 0 Å². The van der Waals surface area contributed by atoms with Crippen molar-refractivity contribution < 1.29 is 4.79 Å². The largest absolute Gasteiger partial charge is 0.324 e. The lowest BCUT2D eigenvalue weighted by molar-refractivity contribution is 0.180. The number of carbonyl (C=O) groups excluding carboxylic acids is 1. The molecule has 25 heavy (non-hydrogen) atoms. The van der Waals surface area contributed by atoms with Gasteiger partial charge < -0.3 is 4.90 Å². The molecule has 7 heteroatoms. The first-order valence-corrected chi connectivity index (χ1v) is 10.9. The highest BCUT2D eigenvalue weighted by Crippen LogP contribution is 2.28. The maximum absolute atomic E-state index is 13.0. The molecule has 0 spiro atoms. The van der Waals surface area contributed by atoms with Crippen molar-refractivity contribution in [1.82, 2.24) is 4.90 Å². The molecule has 0 bridgehead atoms. The van der Waals surface area contributed by atoms with Crippen molar-refractivity contribution >= 4 is 73.4 Å².